The fraction of sp³-hybridized carbons (Fsp3) is 0.0833. The SMILES string of the molecule is Cc1ccc(Nc2cccc(N)n2)cc1Br. The average molecular weight is 278 g/mol. The summed E-state index contributed by atoms with van der Waals surface area (Å²) < 4.78 is 1.07. The summed E-state index contributed by atoms with van der Waals surface area (Å²) in [5.41, 5.74) is 7.79. The van der Waals surface area contributed by atoms with E-state index in [9.17, 15) is 0 Å². The van der Waals surface area contributed by atoms with Crippen LogP contribution in [0.1, 0.15) is 5.56 Å². The lowest BCUT2D eigenvalue weighted by molar-refractivity contribution is 1.31. The van der Waals surface area contributed by atoms with Gasteiger partial charge < -0.3 is 11.1 Å². The number of hydrogen-bond acceptors (Lipinski definition) is 3. The van der Waals surface area contributed by atoms with E-state index >= 15 is 0 Å². The van der Waals surface area contributed by atoms with Gasteiger partial charge in [-0.05, 0) is 36.8 Å². The highest BCUT2D eigenvalue weighted by molar-refractivity contribution is 9.10. The zero-order valence-corrected chi connectivity index (χ0v) is 10.5. The summed E-state index contributed by atoms with van der Waals surface area (Å²) in [6.07, 6.45) is 0. The fourth-order valence-electron chi connectivity index (χ4n) is 1.34. The fourth-order valence-corrected chi connectivity index (χ4v) is 1.72. The van der Waals surface area contributed by atoms with E-state index in [0.717, 1.165) is 16.0 Å². The van der Waals surface area contributed by atoms with Crippen molar-refractivity contribution in [1.82, 2.24) is 4.98 Å². The van der Waals surface area contributed by atoms with E-state index in [1.165, 1.54) is 5.56 Å². The second kappa shape index (κ2) is 4.53. The van der Waals surface area contributed by atoms with Gasteiger partial charge in [-0.2, -0.15) is 0 Å². The Morgan fingerprint density at radius 1 is 1.25 bits per heavy atom. The molecule has 0 unspecified atom stereocenters. The standard InChI is InChI=1S/C12H12BrN3/c1-8-5-6-9(7-10(8)13)15-12-4-2-3-11(14)16-12/h2-7H,1H3,(H3,14,15,16). The first-order chi connectivity index (χ1) is 7.65. The van der Waals surface area contributed by atoms with Gasteiger partial charge in [0.15, 0.2) is 0 Å². The van der Waals surface area contributed by atoms with Crippen molar-refractivity contribution in [3.05, 3.63) is 46.4 Å². The number of halogens is 1. The third kappa shape index (κ3) is 2.52. The van der Waals surface area contributed by atoms with Gasteiger partial charge in [0.2, 0.25) is 0 Å². The monoisotopic (exact) mass is 277 g/mol. The minimum absolute atomic E-state index is 0.510. The molecule has 0 amide bonds. The van der Waals surface area contributed by atoms with Crippen molar-refractivity contribution in [1.29, 1.82) is 0 Å². The van der Waals surface area contributed by atoms with Gasteiger partial charge in [0.1, 0.15) is 11.6 Å². The van der Waals surface area contributed by atoms with Crippen molar-refractivity contribution in [2.45, 2.75) is 6.92 Å². The van der Waals surface area contributed by atoms with Crippen LogP contribution in [0.4, 0.5) is 17.3 Å². The van der Waals surface area contributed by atoms with Crippen molar-refractivity contribution in [2.75, 3.05) is 11.1 Å². The minimum atomic E-state index is 0.510. The highest BCUT2D eigenvalue weighted by Crippen LogP contribution is 2.23. The molecule has 2 aromatic rings. The van der Waals surface area contributed by atoms with E-state index in [-0.39, 0.29) is 0 Å². The lowest BCUT2D eigenvalue weighted by atomic mass is 10.2. The molecule has 0 radical (unpaired) electrons. The highest BCUT2D eigenvalue weighted by atomic mass is 79.9. The summed E-state index contributed by atoms with van der Waals surface area (Å²) in [6.45, 7) is 2.05. The molecule has 16 heavy (non-hydrogen) atoms. The number of aryl methyl sites for hydroxylation is 1. The van der Waals surface area contributed by atoms with E-state index in [0.29, 0.717) is 5.82 Å². The molecule has 3 N–H and O–H groups in total. The minimum Gasteiger partial charge on any atom is -0.384 e. The molecule has 0 atom stereocenters. The Hall–Kier alpha value is -1.55. The third-order valence-electron chi connectivity index (χ3n) is 2.21. The third-order valence-corrected chi connectivity index (χ3v) is 3.07. The molecule has 0 aliphatic heterocycles. The van der Waals surface area contributed by atoms with Crippen molar-refractivity contribution in [3.63, 3.8) is 0 Å². The maximum Gasteiger partial charge on any atom is 0.132 e. The number of nitrogens with one attached hydrogen (secondary N) is 1. The number of nitrogen functional groups attached to an aromatic ring is 1. The van der Waals surface area contributed by atoms with E-state index in [2.05, 4.69) is 26.2 Å². The molecule has 0 saturated carbocycles. The van der Waals surface area contributed by atoms with Gasteiger partial charge in [0, 0.05) is 10.2 Å². The molecular weight excluding hydrogens is 266 g/mol. The normalized spacial score (nSPS) is 10.1. The van der Waals surface area contributed by atoms with Gasteiger partial charge in [-0.1, -0.05) is 28.1 Å². The zero-order valence-electron chi connectivity index (χ0n) is 8.87. The van der Waals surface area contributed by atoms with Crippen molar-refractivity contribution < 1.29 is 0 Å². The number of aromatic nitrogens is 1. The Morgan fingerprint density at radius 3 is 2.75 bits per heavy atom. The molecular formula is C12H12BrN3. The maximum absolute atomic E-state index is 5.61. The van der Waals surface area contributed by atoms with Gasteiger partial charge >= 0.3 is 0 Å². The first-order valence-electron chi connectivity index (χ1n) is 4.91. The van der Waals surface area contributed by atoms with E-state index in [1.807, 2.05) is 37.3 Å². The molecule has 2 rings (SSSR count). The summed E-state index contributed by atoms with van der Waals surface area (Å²) >= 11 is 3.49. The molecule has 0 aliphatic carbocycles. The van der Waals surface area contributed by atoms with Gasteiger partial charge in [-0.15, -0.1) is 0 Å². The van der Waals surface area contributed by atoms with Gasteiger partial charge in [-0.25, -0.2) is 4.98 Å². The van der Waals surface area contributed by atoms with Crippen LogP contribution >= 0.6 is 15.9 Å². The van der Waals surface area contributed by atoms with Gasteiger partial charge in [0.05, 0.1) is 0 Å². The number of benzene rings is 1. The lowest BCUT2D eigenvalue weighted by Crippen LogP contribution is -1.96. The van der Waals surface area contributed by atoms with E-state index in [1.54, 1.807) is 6.07 Å². The molecule has 0 saturated heterocycles. The number of anilines is 3. The van der Waals surface area contributed by atoms with Crippen LogP contribution in [0.5, 0.6) is 0 Å². The molecule has 82 valence electrons. The Balaban J connectivity index is 2.24. The molecule has 0 aliphatic rings. The predicted molar refractivity (Wildman–Crippen MR) is 70.8 cm³/mol. The second-order valence-corrected chi connectivity index (χ2v) is 4.39. The lowest BCUT2D eigenvalue weighted by Gasteiger charge is -2.07. The number of nitrogens with two attached hydrogens (primary N) is 1. The summed E-state index contributed by atoms with van der Waals surface area (Å²) in [5, 5.41) is 3.19. The Kier molecular flexibility index (Phi) is 3.10. The van der Waals surface area contributed by atoms with Crippen LogP contribution in [0, 0.1) is 6.92 Å². The summed E-state index contributed by atoms with van der Waals surface area (Å²) in [4.78, 5) is 4.17. The molecule has 0 bridgehead atoms. The highest BCUT2D eigenvalue weighted by Gasteiger charge is 1.99. The topological polar surface area (TPSA) is 50.9 Å². The van der Waals surface area contributed by atoms with Crippen LogP contribution < -0.4 is 11.1 Å². The average Bonchev–Trinajstić information content (AvgIpc) is 2.24. The molecule has 3 nitrogen and oxygen atoms in total. The Morgan fingerprint density at radius 2 is 2.06 bits per heavy atom. The molecule has 1 heterocycles. The van der Waals surface area contributed by atoms with E-state index in [4.69, 9.17) is 5.73 Å². The summed E-state index contributed by atoms with van der Waals surface area (Å²) in [7, 11) is 0. The first-order valence-corrected chi connectivity index (χ1v) is 5.70. The molecule has 4 heteroatoms. The maximum atomic E-state index is 5.61. The predicted octanol–water partition coefficient (Wildman–Crippen LogP) is 3.48. The van der Waals surface area contributed by atoms with Crippen LogP contribution in [0.2, 0.25) is 0 Å². The second-order valence-electron chi connectivity index (χ2n) is 3.54. The van der Waals surface area contributed by atoms with Crippen LogP contribution in [-0.2, 0) is 0 Å². The van der Waals surface area contributed by atoms with Crippen molar-refractivity contribution >= 4 is 33.3 Å². The smallest absolute Gasteiger partial charge is 0.132 e. The zero-order chi connectivity index (χ0) is 11.5. The molecule has 1 aromatic heterocycles. The van der Waals surface area contributed by atoms with Gasteiger partial charge in [0.25, 0.3) is 0 Å². The van der Waals surface area contributed by atoms with Crippen LogP contribution in [0.3, 0.4) is 0 Å². The summed E-state index contributed by atoms with van der Waals surface area (Å²) in [5.74, 6) is 1.26. The first kappa shape index (κ1) is 11.0. The largest absolute Gasteiger partial charge is 0.384 e. The van der Waals surface area contributed by atoms with Crippen molar-refractivity contribution in [3.8, 4) is 0 Å². The van der Waals surface area contributed by atoms with Crippen molar-refractivity contribution in [2.24, 2.45) is 0 Å². The van der Waals surface area contributed by atoms with Gasteiger partial charge in [-0.3, -0.25) is 0 Å². The number of rotatable bonds is 2. The number of pyridine rings is 1. The Bertz CT molecular complexity index is 511. The molecule has 0 fully saturated rings. The number of nitrogens with zero attached hydrogens (tertiary/aromatic N) is 1. The Labute approximate surface area is 103 Å². The molecule has 1 aromatic carbocycles. The van der Waals surface area contributed by atoms with Crippen LogP contribution in [0.25, 0.3) is 0 Å². The van der Waals surface area contributed by atoms with Crippen LogP contribution in [0.15, 0.2) is 40.9 Å². The summed E-state index contributed by atoms with van der Waals surface area (Å²) in [6, 6.07) is 11.6. The van der Waals surface area contributed by atoms with E-state index < -0.39 is 0 Å². The quantitative estimate of drug-likeness (QED) is 0.884. The number of hydrogen-bond donors (Lipinski definition) is 2. The molecule has 0 spiro atoms. The van der Waals surface area contributed by atoms with Crippen LogP contribution in [-0.4, -0.2) is 4.98 Å².